The summed E-state index contributed by atoms with van der Waals surface area (Å²) in [6.45, 7) is 4.04. The molecule has 1 aromatic heterocycles. The van der Waals surface area contributed by atoms with Crippen molar-refractivity contribution < 1.29 is 8.91 Å². The van der Waals surface area contributed by atoms with E-state index in [0.717, 1.165) is 28.1 Å². The van der Waals surface area contributed by atoms with Crippen molar-refractivity contribution in [2.45, 2.75) is 19.9 Å². The van der Waals surface area contributed by atoms with Crippen LogP contribution in [0.25, 0.3) is 17.0 Å². The van der Waals surface area contributed by atoms with Crippen LogP contribution in [0, 0.1) is 12.7 Å². The van der Waals surface area contributed by atoms with Crippen molar-refractivity contribution in [1.29, 1.82) is 0 Å². The van der Waals surface area contributed by atoms with Crippen molar-refractivity contribution in [3.63, 3.8) is 0 Å². The number of rotatable bonds is 4. The zero-order valence-electron chi connectivity index (χ0n) is 18.1. The van der Waals surface area contributed by atoms with Gasteiger partial charge in [-0.25, -0.2) is 4.39 Å². The molecular formula is C26H21FN4OS. The number of benzene rings is 3. The van der Waals surface area contributed by atoms with Gasteiger partial charge >= 0.3 is 0 Å². The number of para-hydroxylation sites is 1. The molecule has 2 heterocycles. The van der Waals surface area contributed by atoms with Gasteiger partial charge in [-0.3, -0.25) is 4.90 Å². The Hall–Kier alpha value is -3.84. The molecule has 164 valence electrons. The number of aryl methyl sites for hydroxylation is 1. The molecule has 1 aliphatic heterocycles. The molecule has 3 aromatic carbocycles. The summed E-state index contributed by atoms with van der Waals surface area (Å²) < 4.78 is 19.5. The third-order valence-corrected chi connectivity index (χ3v) is 5.95. The van der Waals surface area contributed by atoms with Gasteiger partial charge in [-0.15, -0.1) is 0 Å². The molecular weight excluding hydrogens is 435 g/mol. The van der Waals surface area contributed by atoms with Crippen molar-refractivity contribution in [2.75, 3.05) is 4.90 Å². The van der Waals surface area contributed by atoms with Crippen LogP contribution in [-0.4, -0.2) is 15.3 Å². The van der Waals surface area contributed by atoms with Crippen LogP contribution in [0.4, 0.5) is 10.1 Å². The van der Waals surface area contributed by atoms with E-state index in [9.17, 15) is 4.39 Å². The molecule has 5 nitrogen and oxygen atoms in total. The Balaban J connectivity index is 1.65. The molecule has 0 bridgehead atoms. The monoisotopic (exact) mass is 456 g/mol. The van der Waals surface area contributed by atoms with E-state index < -0.39 is 0 Å². The lowest BCUT2D eigenvalue weighted by Crippen LogP contribution is -2.46. The first-order chi connectivity index (χ1) is 16.0. The van der Waals surface area contributed by atoms with Gasteiger partial charge < -0.3 is 9.84 Å². The largest absolute Gasteiger partial charge is 0.351 e. The molecule has 0 radical (unpaired) electrons. The Labute approximate surface area is 196 Å². The normalized spacial score (nSPS) is 16.2. The van der Waals surface area contributed by atoms with Gasteiger partial charge in [0, 0.05) is 16.9 Å². The highest BCUT2D eigenvalue weighted by atomic mass is 32.1. The minimum atomic E-state index is -0.355. The Morgan fingerprint density at radius 2 is 1.73 bits per heavy atom. The number of nitrogens with one attached hydrogen (secondary N) is 1. The van der Waals surface area contributed by atoms with Crippen LogP contribution < -0.4 is 10.2 Å². The number of thiocarbonyl (C=S) groups is 1. The minimum Gasteiger partial charge on any atom is -0.351 e. The van der Waals surface area contributed by atoms with Crippen LogP contribution >= 0.6 is 12.2 Å². The van der Waals surface area contributed by atoms with E-state index in [1.807, 2.05) is 49.1 Å². The summed E-state index contributed by atoms with van der Waals surface area (Å²) in [5.41, 5.74) is 5.36. The average molecular weight is 457 g/mol. The lowest BCUT2D eigenvalue weighted by molar-refractivity contribution is 0.404. The molecule has 0 saturated carbocycles. The Morgan fingerprint density at radius 1 is 0.970 bits per heavy atom. The molecule has 1 unspecified atom stereocenters. The molecule has 1 atom stereocenters. The van der Waals surface area contributed by atoms with E-state index in [4.69, 9.17) is 16.7 Å². The van der Waals surface area contributed by atoms with Crippen molar-refractivity contribution in [1.82, 2.24) is 15.5 Å². The van der Waals surface area contributed by atoms with E-state index in [-0.39, 0.29) is 11.9 Å². The summed E-state index contributed by atoms with van der Waals surface area (Å²) in [4.78, 5) is 6.59. The standard InChI is InChI=1S/C26H21FN4OS/c1-16-11-13-18(14-12-16)23-22(17(2)31(26(33)28-23)21-9-4-3-5-10-21)25-29-24(30-32-25)19-7-6-8-20(27)15-19/h3-15,23H,1-2H3,(H,28,33). The zero-order valence-corrected chi connectivity index (χ0v) is 18.9. The molecule has 0 spiro atoms. The number of aromatic nitrogens is 2. The summed E-state index contributed by atoms with van der Waals surface area (Å²) in [6, 6.07) is 24.0. The molecule has 5 rings (SSSR count). The second kappa shape index (κ2) is 8.60. The van der Waals surface area contributed by atoms with Crippen molar-refractivity contribution in [2.24, 2.45) is 0 Å². The lowest BCUT2D eigenvalue weighted by Gasteiger charge is -2.37. The highest BCUT2D eigenvalue weighted by Crippen LogP contribution is 2.39. The third kappa shape index (κ3) is 4.03. The maximum absolute atomic E-state index is 13.7. The molecule has 7 heteroatoms. The molecule has 0 amide bonds. The van der Waals surface area contributed by atoms with Crippen molar-refractivity contribution >= 4 is 28.6 Å². The summed E-state index contributed by atoms with van der Waals surface area (Å²) in [6.07, 6.45) is 0. The smallest absolute Gasteiger partial charge is 0.258 e. The molecule has 33 heavy (non-hydrogen) atoms. The lowest BCUT2D eigenvalue weighted by atomic mass is 9.94. The van der Waals surface area contributed by atoms with Gasteiger partial charge in [0.25, 0.3) is 5.89 Å². The van der Waals surface area contributed by atoms with E-state index in [2.05, 4.69) is 39.7 Å². The van der Waals surface area contributed by atoms with Crippen LogP contribution in [0.1, 0.15) is 30.0 Å². The van der Waals surface area contributed by atoms with Crippen LogP contribution in [0.5, 0.6) is 0 Å². The van der Waals surface area contributed by atoms with Crippen LogP contribution in [0.3, 0.4) is 0 Å². The molecule has 4 aromatic rings. The molecule has 1 N–H and O–H groups in total. The number of anilines is 1. The number of nitrogens with zero attached hydrogens (tertiary/aromatic N) is 3. The SMILES string of the molecule is CC1=C(c2nc(-c3cccc(F)c3)no2)C(c2ccc(C)cc2)NC(=S)N1c1ccccc1. The van der Waals surface area contributed by atoms with Crippen LogP contribution in [0.2, 0.25) is 0 Å². The highest BCUT2D eigenvalue weighted by molar-refractivity contribution is 7.80. The molecule has 0 fully saturated rings. The predicted octanol–water partition coefficient (Wildman–Crippen LogP) is 6.05. The average Bonchev–Trinajstić information content (AvgIpc) is 3.30. The Morgan fingerprint density at radius 3 is 2.45 bits per heavy atom. The van der Waals surface area contributed by atoms with E-state index in [1.165, 1.54) is 12.1 Å². The van der Waals surface area contributed by atoms with Crippen LogP contribution in [0.15, 0.2) is 89.1 Å². The summed E-state index contributed by atoms with van der Waals surface area (Å²) in [7, 11) is 0. The van der Waals surface area contributed by atoms with Gasteiger partial charge in [-0.2, -0.15) is 4.98 Å². The maximum Gasteiger partial charge on any atom is 0.258 e. The second-order valence-corrected chi connectivity index (χ2v) is 8.28. The highest BCUT2D eigenvalue weighted by Gasteiger charge is 2.34. The summed E-state index contributed by atoms with van der Waals surface area (Å²) in [5.74, 6) is 0.326. The fourth-order valence-electron chi connectivity index (χ4n) is 3.99. The van der Waals surface area contributed by atoms with E-state index in [0.29, 0.717) is 22.4 Å². The zero-order chi connectivity index (χ0) is 22.9. The van der Waals surface area contributed by atoms with Gasteiger partial charge in [0.15, 0.2) is 5.11 Å². The summed E-state index contributed by atoms with van der Waals surface area (Å²) >= 11 is 5.76. The van der Waals surface area contributed by atoms with E-state index >= 15 is 0 Å². The van der Waals surface area contributed by atoms with Crippen LogP contribution in [-0.2, 0) is 0 Å². The quantitative estimate of drug-likeness (QED) is 0.377. The number of hydrogen-bond donors (Lipinski definition) is 1. The first-order valence-electron chi connectivity index (χ1n) is 10.5. The first kappa shape index (κ1) is 21.0. The second-order valence-electron chi connectivity index (χ2n) is 7.90. The number of hydrogen-bond acceptors (Lipinski definition) is 4. The summed E-state index contributed by atoms with van der Waals surface area (Å²) in [5, 5.41) is 8.16. The fourth-order valence-corrected chi connectivity index (χ4v) is 4.35. The van der Waals surface area contributed by atoms with Crippen molar-refractivity contribution in [3.8, 4) is 11.4 Å². The van der Waals surface area contributed by atoms with Gasteiger partial charge in [-0.1, -0.05) is 65.3 Å². The molecule has 0 aliphatic carbocycles. The van der Waals surface area contributed by atoms with Gasteiger partial charge in [0.2, 0.25) is 5.82 Å². The van der Waals surface area contributed by atoms with Gasteiger partial charge in [0.1, 0.15) is 5.82 Å². The van der Waals surface area contributed by atoms with Gasteiger partial charge in [-0.05, 0) is 55.9 Å². The third-order valence-electron chi connectivity index (χ3n) is 5.65. The van der Waals surface area contributed by atoms with E-state index in [1.54, 1.807) is 12.1 Å². The maximum atomic E-state index is 13.7. The minimum absolute atomic E-state index is 0.279. The number of allylic oxidation sites excluding steroid dienone is 1. The van der Waals surface area contributed by atoms with Gasteiger partial charge in [0.05, 0.1) is 11.6 Å². The fraction of sp³-hybridized carbons (Fsp3) is 0.115. The first-order valence-corrected chi connectivity index (χ1v) is 10.9. The predicted molar refractivity (Wildman–Crippen MR) is 131 cm³/mol. The topological polar surface area (TPSA) is 54.2 Å². The van der Waals surface area contributed by atoms with Crippen molar-refractivity contribution in [3.05, 3.63) is 107 Å². The molecule has 0 saturated heterocycles. The Bertz CT molecular complexity index is 1350. The number of halogens is 1. The molecule has 1 aliphatic rings. The Kier molecular flexibility index (Phi) is 5.48.